The van der Waals surface area contributed by atoms with Gasteiger partial charge in [-0.25, -0.2) is 0 Å². The number of rotatable bonds is 0. The molecule has 0 aromatic heterocycles. The standard InChI is InChI=1S/C6H7NO/c1-3-2-4-5(3)6(8)7-4/h2,4-5H,1H3,(H,7,8)/t4-,5+/m0/s1. The Morgan fingerprint density at radius 1 is 1.75 bits per heavy atom. The number of amides is 1. The quantitative estimate of drug-likeness (QED) is 0.346. The van der Waals surface area contributed by atoms with Crippen molar-refractivity contribution < 1.29 is 4.79 Å². The van der Waals surface area contributed by atoms with Crippen LogP contribution in [0.4, 0.5) is 0 Å². The summed E-state index contributed by atoms with van der Waals surface area (Å²) in [6.45, 7) is 2.00. The predicted molar refractivity (Wildman–Crippen MR) is 29.2 cm³/mol. The van der Waals surface area contributed by atoms with Gasteiger partial charge in [0.05, 0.1) is 12.0 Å². The maximum absolute atomic E-state index is 10.6. The van der Waals surface area contributed by atoms with E-state index >= 15 is 0 Å². The van der Waals surface area contributed by atoms with Gasteiger partial charge in [0.25, 0.3) is 0 Å². The largest absolute Gasteiger partial charge is 0.348 e. The second-order valence-electron chi connectivity index (χ2n) is 2.42. The van der Waals surface area contributed by atoms with Crippen LogP contribution in [0.5, 0.6) is 0 Å². The summed E-state index contributed by atoms with van der Waals surface area (Å²) in [5, 5.41) is 2.76. The first-order valence-electron chi connectivity index (χ1n) is 2.78. The van der Waals surface area contributed by atoms with E-state index in [1.54, 1.807) is 0 Å². The van der Waals surface area contributed by atoms with Crippen molar-refractivity contribution >= 4 is 5.91 Å². The van der Waals surface area contributed by atoms with Crippen molar-refractivity contribution in [2.75, 3.05) is 0 Å². The molecule has 2 aliphatic rings. The lowest BCUT2D eigenvalue weighted by atomic mass is 9.74. The number of β-lactam (4-membered cyclic amide) rings is 1. The van der Waals surface area contributed by atoms with Gasteiger partial charge in [-0.1, -0.05) is 11.6 Å². The van der Waals surface area contributed by atoms with Gasteiger partial charge in [0, 0.05) is 0 Å². The smallest absolute Gasteiger partial charge is 0.230 e. The number of carbonyl (C=O) groups excluding carboxylic acids is 1. The van der Waals surface area contributed by atoms with Crippen LogP contribution in [0.15, 0.2) is 11.6 Å². The minimum atomic E-state index is 0.204. The topological polar surface area (TPSA) is 29.1 Å². The van der Waals surface area contributed by atoms with Crippen molar-refractivity contribution in [3.8, 4) is 0 Å². The predicted octanol–water partition coefficient (Wildman–Crippen LogP) is 0.0609. The van der Waals surface area contributed by atoms with Gasteiger partial charge < -0.3 is 5.32 Å². The van der Waals surface area contributed by atoms with E-state index in [-0.39, 0.29) is 11.8 Å². The molecule has 1 heterocycles. The number of hydrogen-bond donors (Lipinski definition) is 1. The molecule has 1 N–H and O–H groups in total. The Morgan fingerprint density at radius 2 is 2.50 bits per heavy atom. The van der Waals surface area contributed by atoms with Crippen LogP contribution in [-0.4, -0.2) is 11.9 Å². The first-order valence-corrected chi connectivity index (χ1v) is 2.78. The van der Waals surface area contributed by atoms with Crippen LogP contribution in [0.25, 0.3) is 0 Å². The fourth-order valence-corrected chi connectivity index (χ4v) is 1.30. The van der Waals surface area contributed by atoms with E-state index in [4.69, 9.17) is 0 Å². The SMILES string of the molecule is CC1=C[C@@H]2NC(=O)[C@H]12. The zero-order valence-corrected chi connectivity index (χ0v) is 4.64. The lowest BCUT2D eigenvalue weighted by Gasteiger charge is -2.43. The maximum Gasteiger partial charge on any atom is 0.230 e. The van der Waals surface area contributed by atoms with Crippen LogP contribution >= 0.6 is 0 Å². The molecule has 1 aliphatic heterocycles. The Kier molecular flexibility index (Phi) is 0.498. The molecule has 2 heteroatoms. The molecule has 0 spiro atoms. The summed E-state index contributed by atoms with van der Waals surface area (Å²) in [5.74, 6) is 0.463. The van der Waals surface area contributed by atoms with E-state index in [9.17, 15) is 4.79 Å². The molecule has 2 rings (SSSR count). The fourth-order valence-electron chi connectivity index (χ4n) is 1.30. The minimum Gasteiger partial charge on any atom is -0.348 e. The van der Waals surface area contributed by atoms with E-state index in [0.717, 1.165) is 0 Å². The molecule has 1 aliphatic carbocycles. The van der Waals surface area contributed by atoms with Crippen molar-refractivity contribution in [3.05, 3.63) is 11.6 Å². The first-order chi connectivity index (χ1) is 3.79. The minimum absolute atomic E-state index is 0.204. The van der Waals surface area contributed by atoms with Crippen molar-refractivity contribution in [2.45, 2.75) is 13.0 Å². The highest BCUT2D eigenvalue weighted by Crippen LogP contribution is 2.33. The molecule has 0 aromatic carbocycles. The molecule has 8 heavy (non-hydrogen) atoms. The number of nitrogens with one attached hydrogen (secondary N) is 1. The summed E-state index contributed by atoms with van der Waals surface area (Å²) in [6.07, 6.45) is 2.09. The second-order valence-corrected chi connectivity index (χ2v) is 2.42. The Labute approximate surface area is 47.6 Å². The van der Waals surface area contributed by atoms with Gasteiger partial charge in [-0.3, -0.25) is 4.79 Å². The van der Waals surface area contributed by atoms with Gasteiger partial charge in [0.2, 0.25) is 5.91 Å². The summed E-state index contributed by atoms with van der Waals surface area (Å²) < 4.78 is 0. The zero-order chi connectivity index (χ0) is 5.72. The third-order valence-electron chi connectivity index (χ3n) is 1.88. The molecule has 0 saturated carbocycles. The molecular weight excluding hydrogens is 102 g/mol. The zero-order valence-electron chi connectivity index (χ0n) is 4.64. The average Bonchev–Trinajstić information content (AvgIpc) is 1.63. The van der Waals surface area contributed by atoms with E-state index in [0.29, 0.717) is 6.04 Å². The summed E-state index contributed by atoms with van der Waals surface area (Å²) in [6, 6.07) is 0.405. The number of fused-ring (bicyclic) bond motifs is 1. The van der Waals surface area contributed by atoms with Gasteiger partial charge in [0.1, 0.15) is 0 Å². The van der Waals surface area contributed by atoms with E-state index in [1.165, 1.54) is 5.57 Å². The van der Waals surface area contributed by atoms with Crippen LogP contribution in [-0.2, 0) is 4.79 Å². The Morgan fingerprint density at radius 3 is 2.75 bits per heavy atom. The monoisotopic (exact) mass is 109 g/mol. The van der Waals surface area contributed by atoms with Crippen LogP contribution in [0.1, 0.15) is 6.92 Å². The van der Waals surface area contributed by atoms with Crippen molar-refractivity contribution in [1.29, 1.82) is 0 Å². The fraction of sp³-hybridized carbons (Fsp3) is 0.500. The third kappa shape index (κ3) is 0.250. The maximum atomic E-state index is 10.6. The van der Waals surface area contributed by atoms with Crippen LogP contribution in [0, 0.1) is 5.92 Å². The summed E-state index contributed by atoms with van der Waals surface area (Å²) in [5.41, 5.74) is 1.23. The lowest BCUT2D eigenvalue weighted by Crippen LogP contribution is -2.62. The van der Waals surface area contributed by atoms with Crippen molar-refractivity contribution in [3.63, 3.8) is 0 Å². The van der Waals surface area contributed by atoms with E-state index < -0.39 is 0 Å². The molecule has 0 aromatic rings. The molecule has 2 nitrogen and oxygen atoms in total. The van der Waals surface area contributed by atoms with E-state index in [1.807, 2.05) is 6.92 Å². The van der Waals surface area contributed by atoms with Crippen LogP contribution in [0.3, 0.4) is 0 Å². The molecule has 2 atom stereocenters. The summed E-state index contributed by atoms with van der Waals surface area (Å²) in [4.78, 5) is 10.6. The average molecular weight is 109 g/mol. The second kappa shape index (κ2) is 0.966. The highest BCUT2D eigenvalue weighted by Gasteiger charge is 2.45. The molecule has 1 saturated heterocycles. The van der Waals surface area contributed by atoms with Crippen molar-refractivity contribution in [2.24, 2.45) is 5.92 Å². The normalized spacial score (nSPS) is 40.6. The summed E-state index contributed by atoms with van der Waals surface area (Å²) >= 11 is 0. The molecular formula is C6H7NO. The van der Waals surface area contributed by atoms with Crippen LogP contribution < -0.4 is 5.32 Å². The lowest BCUT2D eigenvalue weighted by molar-refractivity contribution is -0.133. The van der Waals surface area contributed by atoms with Crippen molar-refractivity contribution in [1.82, 2.24) is 5.32 Å². The third-order valence-corrected chi connectivity index (χ3v) is 1.88. The number of hydrogen-bond acceptors (Lipinski definition) is 1. The Balaban J connectivity index is 2.28. The molecule has 42 valence electrons. The summed E-state index contributed by atoms with van der Waals surface area (Å²) in [7, 11) is 0. The molecule has 0 radical (unpaired) electrons. The molecule has 0 bridgehead atoms. The Hall–Kier alpha value is -0.790. The van der Waals surface area contributed by atoms with Gasteiger partial charge in [-0.2, -0.15) is 0 Å². The highest BCUT2D eigenvalue weighted by molar-refractivity contribution is 5.92. The molecule has 0 unspecified atom stereocenters. The van der Waals surface area contributed by atoms with Gasteiger partial charge in [-0.05, 0) is 6.92 Å². The van der Waals surface area contributed by atoms with E-state index in [2.05, 4.69) is 11.4 Å². The Bertz CT molecular complexity index is 183. The van der Waals surface area contributed by atoms with Gasteiger partial charge in [0.15, 0.2) is 0 Å². The first kappa shape index (κ1) is 4.13. The number of carbonyl (C=O) groups is 1. The molecule has 1 amide bonds. The highest BCUT2D eigenvalue weighted by atomic mass is 16.2. The molecule has 1 fully saturated rings. The van der Waals surface area contributed by atoms with Crippen LogP contribution in [0.2, 0.25) is 0 Å². The van der Waals surface area contributed by atoms with Gasteiger partial charge in [-0.15, -0.1) is 0 Å². The van der Waals surface area contributed by atoms with Gasteiger partial charge >= 0.3 is 0 Å².